The minimum atomic E-state index is -3.73. The van der Waals surface area contributed by atoms with Crippen molar-refractivity contribution in [2.75, 3.05) is 38.3 Å². The number of para-hydroxylation sites is 1. The predicted octanol–water partition coefficient (Wildman–Crippen LogP) is 3.97. The summed E-state index contributed by atoms with van der Waals surface area (Å²) in [5.41, 5.74) is 3.38. The van der Waals surface area contributed by atoms with Crippen molar-refractivity contribution < 1.29 is 22.7 Å². The molecule has 41 heavy (non-hydrogen) atoms. The number of hydrogen-bond donors (Lipinski definition) is 0. The summed E-state index contributed by atoms with van der Waals surface area (Å²) in [4.78, 5) is 30.6. The van der Waals surface area contributed by atoms with E-state index in [1.807, 2.05) is 46.0 Å². The van der Waals surface area contributed by atoms with Crippen molar-refractivity contribution in [2.45, 2.75) is 56.6 Å². The average Bonchev–Trinajstić information content (AvgIpc) is 3.43. The molecule has 2 fully saturated rings. The van der Waals surface area contributed by atoms with Gasteiger partial charge in [0.25, 0.3) is 5.91 Å². The summed E-state index contributed by atoms with van der Waals surface area (Å²) in [6.07, 6.45) is 6.91. The molecule has 2 aromatic carbocycles. The van der Waals surface area contributed by atoms with Crippen molar-refractivity contribution in [2.24, 2.45) is 0 Å². The van der Waals surface area contributed by atoms with Gasteiger partial charge in [-0.3, -0.25) is 9.59 Å². The van der Waals surface area contributed by atoms with E-state index in [4.69, 9.17) is 4.74 Å². The van der Waals surface area contributed by atoms with Crippen LogP contribution in [0.25, 0.3) is 22.6 Å². The zero-order valence-corrected chi connectivity index (χ0v) is 24.6. The smallest absolute Gasteiger partial charge is 0.258 e. The summed E-state index contributed by atoms with van der Waals surface area (Å²) in [6, 6.07) is 13.1. The van der Waals surface area contributed by atoms with Crippen LogP contribution in [0.15, 0.2) is 53.6 Å². The van der Waals surface area contributed by atoms with Crippen LogP contribution in [0.1, 0.15) is 44.2 Å². The molecule has 0 aliphatic carbocycles. The number of benzene rings is 2. The first kappa shape index (κ1) is 27.7. The third-order valence-corrected chi connectivity index (χ3v) is 10.6. The zero-order valence-electron chi connectivity index (χ0n) is 23.7. The maximum atomic E-state index is 13.5. The maximum absolute atomic E-state index is 13.5. The Morgan fingerprint density at radius 2 is 1.76 bits per heavy atom. The molecular weight excluding hydrogens is 540 g/mol. The van der Waals surface area contributed by atoms with Crippen LogP contribution in [0.2, 0.25) is 0 Å². The van der Waals surface area contributed by atoms with Crippen molar-refractivity contribution >= 4 is 50.1 Å². The van der Waals surface area contributed by atoms with E-state index in [2.05, 4.69) is 13.8 Å². The summed E-state index contributed by atoms with van der Waals surface area (Å²) in [6.45, 7) is 5.76. The highest BCUT2D eigenvalue weighted by molar-refractivity contribution is 7.89. The summed E-state index contributed by atoms with van der Waals surface area (Å²) < 4.78 is 35.5. The molecule has 6 rings (SSSR count). The van der Waals surface area contributed by atoms with E-state index in [-0.39, 0.29) is 35.3 Å². The van der Waals surface area contributed by atoms with Crippen LogP contribution in [0, 0.1) is 0 Å². The van der Waals surface area contributed by atoms with Gasteiger partial charge in [-0.15, -0.1) is 0 Å². The molecule has 3 aromatic rings. The van der Waals surface area contributed by atoms with Gasteiger partial charge in [0, 0.05) is 66.0 Å². The third kappa shape index (κ3) is 4.87. The molecule has 0 bridgehead atoms. The number of morpholine rings is 1. The van der Waals surface area contributed by atoms with Gasteiger partial charge in [-0.05, 0) is 63.5 Å². The van der Waals surface area contributed by atoms with Gasteiger partial charge in [0.15, 0.2) is 0 Å². The number of carbonyl (C=O) groups excluding carboxylic acids is 2. The zero-order chi connectivity index (χ0) is 28.9. The van der Waals surface area contributed by atoms with Crippen LogP contribution < -0.4 is 4.90 Å². The highest BCUT2D eigenvalue weighted by atomic mass is 32.2. The van der Waals surface area contributed by atoms with Gasteiger partial charge in [-0.1, -0.05) is 18.2 Å². The summed E-state index contributed by atoms with van der Waals surface area (Å²) in [7, 11) is -2.03. The largest absolute Gasteiger partial charge is 0.379 e. The maximum Gasteiger partial charge on any atom is 0.258 e. The SMILES string of the molecule is C[C@@H]1CCC[C@H](C)N1C(=O)Cn1cc(/C=C2\C(=O)N(C)c3ccc(S(=O)(=O)N4CCOCC4)cc32)c2ccccc21. The second-order valence-corrected chi connectivity index (χ2v) is 13.2. The van der Waals surface area contributed by atoms with Crippen LogP contribution in [0.3, 0.4) is 0 Å². The molecule has 10 heteroatoms. The molecule has 3 aliphatic heterocycles. The van der Waals surface area contributed by atoms with Crippen LogP contribution >= 0.6 is 0 Å². The van der Waals surface area contributed by atoms with E-state index in [9.17, 15) is 18.0 Å². The lowest BCUT2D eigenvalue weighted by Crippen LogP contribution is -2.48. The molecule has 0 saturated carbocycles. The molecule has 0 N–H and O–H groups in total. The van der Waals surface area contributed by atoms with Crippen LogP contribution in [0.5, 0.6) is 0 Å². The number of likely N-dealkylation sites (tertiary alicyclic amines) is 1. The Kier molecular flexibility index (Phi) is 7.25. The number of fused-ring (bicyclic) bond motifs is 2. The molecule has 4 heterocycles. The van der Waals surface area contributed by atoms with Gasteiger partial charge in [0.1, 0.15) is 6.54 Å². The van der Waals surface area contributed by atoms with Crippen molar-refractivity contribution in [3.05, 3.63) is 59.8 Å². The first-order valence-corrected chi connectivity index (χ1v) is 15.7. The van der Waals surface area contributed by atoms with E-state index in [1.165, 1.54) is 4.31 Å². The first-order chi connectivity index (χ1) is 19.7. The Bertz CT molecular complexity index is 1640. The molecule has 1 aromatic heterocycles. The lowest BCUT2D eigenvalue weighted by atomic mass is 9.97. The van der Waals surface area contributed by atoms with E-state index < -0.39 is 10.0 Å². The highest BCUT2D eigenvalue weighted by Crippen LogP contribution is 2.39. The number of hydrogen-bond acceptors (Lipinski definition) is 5. The number of nitrogens with zero attached hydrogens (tertiary/aromatic N) is 4. The van der Waals surface area contributed by atoms with Crippen molar-refractivity contribution in [3.8, 4) is 0 Å². The van der Waals surface area contributed by atoms with Gasteiger partial charge in [-0.25, -0.2) is 8.42 Å². The number of ether oxygens (including phenoxy) is 1. The Balaban J connectivity index is 1.38. The second kappa shape index (κ2) is 10.7. The fourth-order valence-corrected chi connectivity index (χ4v) is 7.92. The quantitative estimate of drug-likeness (QED) is 0.429. The Hall–Kier alpha value is -3.47. The van der Waals surface area contributed by atoms with Crippen molar-refractivity contribution in [3.63, 3.8) is 0 Å². The number of rotatable bonds is 5. The van der Waals surface area contributed by atoms with E-state index in [1.54, 1.807) is 30.1 Å². The molecule has 0 radical (unpaired) electrons. The molecule has 2 saturated heterocycles. The molecule has 3 aliphatic rings. The molecular formula is C31H36N4O5S. The minimum Gasteiger partial charge on any atom is -0.379 e. The molecule has 9 nitrogen and oxygen atoms in total. The Labute approximate surface area is 241 Å². The Morgan fingerprint density at radius 1 is 1.05 bits per heavy atom. The van der Waals surface area contributed by atoms with Crippen LogP contribution in [-0.4, -0.2) is 79.4 Å². The average molecular weight is 577 g/mol. The van der Waals surface area contributed by atoms with Gasteiger partial charge in [0.2, 0.25) is 15.9 Å². The van der Waals surface area contributed by atoms with Crippen molar-refractivity contribution in [1.82, 2.24) is 13.8 Å². The number of aromatic nitrogens is 1. The number of piperidine rings is 1. The fraction of sp³-hybridized carbons (Fsp3) is 0.419. The fourth-order valence-electron chi connectivity index (χ4n) is 6.48. The van der Waals surface area contributed by atoms with Gasteiger partial charge in [0.05, 0.1) is 23.8 Å². The summed E-state index contributed by atoms with van der Waals surface area (Å²) >= 11 is 0. The molecule has 2 atom stereocenters. The molecule has 216 valence electrons. The monoisotopic (exact) mass is 576 g/mol. The normalized spacial score (nSPS) is 23.0. The van der Waals surface area contributed by atoms with E-state index in [0.29, 0.717) is 43.1 Å². The van der Waals surface area contributed by atoms with Crippen molar-refractivity contribution in [1.29, 1.82) is 0 Å². The highest BCUT2D eigenvalue weighted by Gasteiger charge is 2.34. The van der Waals surface area contributed by atoms with Gasteiger partial charge >= 0.3 is 0 Å². The lowest BCUT2D eigenvalue weighted by molar-refractivity contribution is -0.137. The van der Waals surface area contributed by atoms with E-state index >= 15 is 0 Å². The third-order valence-electron chi connectivity index (χ3n) is 8.67. The van der Waals surface area contributed by atoms with Crippen LogP contribution in [0.4, 0.5) is 5.69 Å². The van der Waals surface area contributed by atoms with Gasteiger partial charge < -0.3 is 19.1 Å². The first-order valence-electron chi connectivity index (χ1n) is 14.3. The Morgan fingerprint density at radius 3 is 2.49 bits per heavy atom. The molecule has 2 amide bonds. The standard InChI is InChI=1S/C31H36N4O5S/c1-21-7-6-8-22(2)35(21)30(36)20-33-19-23(25-9-4-5-10-29(25)33)17-27-26-18-24(11-12-28(26)32(3)31(27)37)41(38,39)34-13-15-40-16-14-34/h4-5,9-12,17-19,21-22H,6-8,13-16,20H2,1-3H3/b27-17-/t21-,22+. The second-order valence-electron chi connectivity index (χ2n) is 11.3. The predicted molar refractivity (Wildman–Crippen MR) is 159 cm³/mol. The number of amides is 2. The minimum absolute atomic E-state index is 0.0876. The number of likely N-dealkylation sites (N-methyl/N-ethyl adjacent to an activating group) is 1. The molecule has 0 unspecified atom stereocenters. The topological polar surface area (TPSA) is 92.2 Å². The number of anilines is 1. The lowest BCUT2D eigenvalue weighted by Gasteiger charge is -2.39. The molecule has 0 spiro atoms. The summed E-state index contributed by atoms with van der Waals surface area (Å²) in [5, 5.41) is 0.925. The number of sulfonamides is 1. The van der Waals surface area contributed by atoms with E-state index in [0.717, 1.165) is 35.7 Å². The number of carbonyl (C=O) groups is 2. The van der Waals surface area contributed by atoms with Gasteiger partial charge in [-0.2, -0.15) is 4.31 Å². The van der Waals surface area contributed by atoms with Crippen LogP contribution in [-0.2, 0) is 30.9 Å². The summed E-state index contributed by atoms with van der Waals surface area (Å²) in [5.74, 6) is -0.116.